The van der Waals surface area contributed by atoms with Crippen molar-refractivity contribution < 1.29 is 0 Å². The molecular formula is C18H20N2S. The highest BCUT2D eigenvalue weighted by Gasteiger charge is 2.05. The van der Waals surface area contributed by atoms with Gasteiger partial charge in [-0.05, 0) is 43.0 Å². The molecule has 1 aliphatic rings. The summed E-state index contributed by atoms with van der Waals surface area (Å²) in [5.74, 6) is 0. The Hall–Kier alpha value is -1.58. The number of thiol groups is 1. The molecule has 0 aliphatic heterocycles. The first-order valence-corrected chi connectivity index (χ1v) is 7.90. The molecule has 1 N–H and O–H groups in total. The Morgan fingerprint density at radius 2 is 2.00 bits per heavy atom. The van der Waals surface area contributed by atoms with Crippen LogP contribution in [0.4, 0.5) is 0 Å². The molecule has 0 bridgehead atoms. The molecule has 2 nitrogen and oxygen atoms in total. The van der Waals surface area contributed by atoms with Crippen molar-refractivity contribution in [1.29, 1.82) is 0 Å². The molecule has 0 amide bonds. The lowest BCUT2D eigenvalue weighted by Crippen LogP contribution is -2.36. The fourth-order valence-electron chi connectivity index (χ4n) is 2.70. The van der Waals surface area contributed by atoms with Gasteiger partial charge in [-0.3, -0.25) is 4.98 Å². The lowest BCUT2D eigenvalue weighted by molar-refractivity contribution is 0.683. The number of nitrogens with zero attached hydrogens (tertiary/aromatic N) is 1. The van der Waals surface area contributed by atoms with Crippen LogP contribution in [0.15, 0.2) is 42.6 Å². The van der Waals surface area contributed by atoms with Crippen LogP contribution in [0.1, 0.15) is 24.0 Å². The van der Waals surface area contributed by atoms with Crippen molar-refractivity contribution in [3.63, 3.8) is 0 Å². The van der Waals surface area contributed by atoms with Gasteiger partial charge in [-0.2, -0.15) is 0 Å². The minimum Gasteiger partial charge on any atom is -0.312 e. The molecule has 0 saturated carbocycles. The molecule has 0 radical (unpaired) electrons. The fourth-order valence-corrected chi connectivity index (χ4v) is 3.00. The number of rotatable bonds is 5. The van der Waals surface area contributed by atoms with E-state index in [-0.39, 0.29) is 0 Å². The molecule has 2 aromatic rings. The summed E-state index contributed by atoms with van der Waals surface area (Å²) in [4.78, 5) is 5.57. The molecule has 1 heterocycles. The molecule has 0 fully saturated rings. The summed E-state index contributed by atoms with van der Waals surface area (Å²) in [7, 11) is 0. The van der Waals surface area contributed by atoms with Crippen LogP contribution in [0.3, 0.4) is 0 Å². The van der Waals surface area contributed by atoms with Crippen molar-refractivity contribution in [2.45, 2.75) is 25.8 Å². The number of hydrogen-bond donors (Lipinski definition) is 2. The van der Waals surface area contributed by atoms with Crippen molar-refractivity contribution in [2.24, 2.45) is 0 Å². The molecule has 0 unspecified atom stereocenters. The second-order valence-electron chi connectivity index (χ2n) is 5.33. The number of benzene rings is 1. The second-order valence-corrected chi connectivity index (χ2v) is 5.87. The number of aromatic nitrogens is 1. The van der Waals surface area contributed by atoms with Crippen molar-refractivity contribution >= 4 is 23.6 Å². The van der Waals surface area contributed by atoms with E-state index in [2.05, 4.69) is 65.4 Å². The third-order valence-electron chi connectivity index (χ3n) is 3.83. The van der Waals surface area contributed by atoms with E-state index in [1.165, 1.54) is 16.3 Å². The quantitative estimate of drug-likeness (QED) is 0.652. The minimum absolute atomic E-state index is 0.884. The van der Waals surface area contributed by atoms with E-state index in [1.54, 1.807) is 0 Å². The first kappa shape index (κ1) is 14.4. The summed E-state index contributed by atoms with van der Waals surface area (Å²) < 4.78 is 0. The van der Waals surface area contributed by atoms with Gasteiger partial charge in [0.2, 0.25) is 0 Å². The van der Waals surface area contributed by atoms with Crippen LogP contribution in [0.2, 0.25) is 0 Å². The Kier molecular flexibility index (Phi) is 4.73. The zero-order valence-corrected chi connectivity index (χ0v) is 12.9. The first-order valence-electron chi connectivity index (χ1n) is 7.45. The van der Waals surface area contributed by atoms with Crippen molar-refractivity contribution in [3.05, 3.63) is 64.3 Å². The van der Waals surface area contributed by atoms with Gasteiger partial charge in [0.05, 0.1) is 5.35 Å². The van der Waals surface area contributed by atoms with Crippen LogP contribution in [-0.2, 0) is 13.0 Å². The zero-order chi connectivity index (χ0) is 14.5. The van der Waals surface area contributed by atoms with Crippen LogP contribution in [0, 0.1) is 0 Å². The van der Waals surface area contributed by atoms with E-state index in [9.17, 15) is 0 Å². The highest BCUT2D eigenvalue weighted by atomic mass is 32.1. The Morgan fingerprint density at radius 1 is 1.14 bits per heavy atom. The van der Waals surface area contributed by atoms with Crippen LogP contribution in [0.5, 0.6) is 0 Å². The van der Waals surface area contributed by atoms with Crippen molar-refractivity contribution in [2.75, 3.05) is 6.54 Å². The summed E-state index contributed by atoms with van der Waals surface area (Å²) in [5, 5.41) is 5.86. The third kappa shape index (κ3) is 3.55. The Morgan fingerprint density at radius 3 is 2.86 bits per heavy atom. The normalized spacial score (nSPS) is 13.7. The average molecular weight is 296 g/mol. The van der Waals surface area contributed by atoms with Gasteiger partial charge in [-0.15, -0.1) is 12.6 Å². The first-order chi connectivity index (χ1) is 10.3. The number of pyridine rings is 1. The molecule has 0 atom stereocenters. The van der Waals surface area contributed by atoms with Gasteiger partial charge < -0.3 is 5.32 Å². The lowest BCUT2D eigenvalue weighted by atomic mass is 10.1. The molecule has 3 heteroatoms. The van der Waals surface area contributed by atoms with E-state index in [4.69, 9.17) is 0 Å². The van der Waals surface area contributed by atoms with Gasteiger partial charge >= 0.3 is 0 Å². The molecule has 3 rings (SSSR count). The topological polar surface area (TPSA) is 24.9 Å². The van der Waals surface area contributed by atoms with Crippen LogP contribution < -0.4 is 15.9 Å². The Balaban J connectivity index is 1.65. The lowest BCUT2D eigenvalue weighted by Gasteiger charge is -2.10. The smallest absolute Gasteiger partial charge is 0.0794 e. The average Bonchev–Trinajstić information content (AvgIpc) is 2.53. The molecule has 21 heavy (non-hydrogen) atoms. The fraction of sp³-hybridized carbons (Fsp3) is 0.278. The Labute approximate surface area is 131 Å². The summed E-state index contributed by atoms with van der Waals surface area (Å²) in [6.07, 6.45) is 7.31. The highest BCUT2D eigenvalue weighted by molar-refractivity contribution is 7.90. The van der Waals surface area contributed by atoms with E-state index in [0.717, 1.165) is 42.6 Å². The van der Waals surface area contributed by atoms with Gasteiger partial charge in [0.1, 0.15) is 0 Å². The molecule has 0 saturated heterocycles. The van der Waals surface area contributed by atoms with E-state index < -0.39 is 0 Å². The predicted molar refractivity (Wildman–Crippen MR) is 91.4 cm³/mol. The minimum atomic E-state index is 0.884. The monoisotopic (exact) mass is 296 g/mol. The van der Waals surface area contributed by atoms with Crippen molar-refractivity contribution in [3.8, 4) is 0 Å². The molecule has 1 aliphatic carbocycles. The highest BCUT2D eigenvalue weighted by Crippen LogP contribution is 2.11. The number of nitrogens with one attached hydrogen (secondary N) is 1. The maximum Gasteiger partial charge on any atom is 0.0794 e. The van der Waals surface area contributed by atoms with Gasteiger partial charge in [0.25, 0.3) is 0 Å². The third-order valence-corrected chi connectivity index (χ3v) is 4.27. The zero-order valence-electron chi connectivity index (χ0n) is 12.0. The number of hydrogen-bond acceptors (Lipinski definition) is 3. The maximum atomic E-state index is 4.56. The molecule has 0 spiro atoms. The van der Waals surface area contributed by atoms with Crippen molar-refractivity contribution in [1.82, 2.24) is 10.3 Å². The van der Waals surface area contributed by atoms with Crippen LogP contribution in [-0.4, -0.2) is 11.5 Å². The molecular weight excluding hydrogens is 276 g/mol. The largest absolute Gasteiger partial charge is 0.312 e. The standard InChI is InChI=1S/C18H20N2S/c21-17-8-4-7-16-15(10-12-20-18(16)17)13-19-11-9-14-5-2-1-3-6-14/h1-3,5-7,10,12,19,21H,4,8-9,11,13H2. The predicted octanol–water partition coefficient (Wildman–Crippen LogP) is 2.03. The molecule has 1 aromatic heterocycles. The van der Waals surface area contributed by atoms with Crippen LogP contribution >= 0.6 is 12.6 Å². The summed E-state index contributed by atoms with van der Waals surface area (Å²) >= 11 is 4.56. The van der Waals surface area contributed by atoms with Gasteiger partial charge in [0, 0.05) is 22.9 Å². The molecule has 108 valence electrons. The van der Waals surface area contributed by atoms with Gasteiger partial charge in [-0.1, -0.05) is 36.4 Å². The van der Waals surface area contributed by atoms with E-state index in [0.29, 0.717) is 0 Å². The SMILES string of the molecule is SC1=c2nccc(CNCCc3ccccc3)c2=CCC1. The molecule has 1 aromatic carbocycles. The second kappa shape index (κ2) is 6.92. The van der Waals surface area contributed by atoms with E-state index >= 15 is 0 Å². The number of fused-ring (bicyclic) bond motifs is 1. The summed E-state index contributed by atoms with van der Waals surface area (Å²) in [5.41, 5.74) is 2.69. The summed E-state index contributed by atoms with van der Waals surface area (Å²) in [6, 6.07) is 12.7. The van der Waals surface area contributed by atoms with E-state index in [1.807, 2.05) is 6.20 Å². The summed E-state index contributed by atoms with van der Waals surface area (Å²) in [6.45, 7) is 1.87. The van der Waals surface area contributed by atoms with Crippen LogP contribution in [0.25, 0.3) is 11.0 Å². The van der Waals surface area contributed by atoms with Gasteiger partial charge in [0.15, 0.2) is 0 Å². The Bertz CT molecular complexity index is 723. The van der Waals surface area contributed by atoms with Gasteiger partial charge in [-0.25, -0.2) is 0 Å². The maximum absolute atomic E-state index is 4.56.